The minimum Gasteiger partial charge on any atom is -0.463 e. The van der Waals surface area contributed by atoms with Gasteiger partial charge in [-0.25, -0.2) is 4.68 Å². The number of hydrogen-bond donors (Lipinski definition) is 1. The minimum atomic E-state index is -0.705. The molecular weight excluding hydrogens is 430 g/mol. The van der Waals surface area contributed by atoms with Crippen molar-refractivity contribution in [2.45, 2.75) is 12.8 Å². The molecule has 1 N–H and O–H groups in total. The molecule has 0 aliphatic carbocycles. The molecule has 1 amide bonds. The van der Waals surface area contributed by atoms with E-state index < -0.39 is 21.2 Å². The van der Waals surface area contributed by atoms with E-state index in [0.29, 0.717) is 22.8 Å². The second kappa shape index (κ2) is 9.14. The van der Waals surface area contributed by atoms with Gasteiger partial charge >= 0.3 is 5.69 Å². The summed E-state index contributed by atoms with van der Waals surface area (Å²) >= 11 is 0. The highest BCUT2D eigenvalue weighted by Gasteiger charge is 2.24. The number of carbonyl (C=O) groups is 1. The second-order valence-corrected chi connectivity index (χ2v) is 7.01. The number of nitrogens with zero attached hydrogens (tertiary/aromatic N) is 4. The molecule has 11 heteroatoms. The third-order valence-electron chi connectivity index (χ3n) is 4.79. The maximum atomic E-state index is 12.3. The van der Waals surface area contributed by atoms with Crippen LogP contribution in [-0.4, -0.2) is 25.5 Å². The summed E-state index contributed by atoms with van der Waals surface area (Å²) in [7, 11) is 0. The van der Waals surface area contributed by atoms with Crippen molar-refractivity contribution < 1.29 is 19.1 Å². The lowest BCUT2D eigenvalue weighted by Crippen LogP contribution is -2.12. The van der Waals surface area contributed by atoms with Crippen molar-refractivity contribution in [2.75, 3.05) is 5.32 Å². The normalized spacial score (nSPS) is 10.7. The van der Waals surface area contributed by atoms with Crippen LogP contribution >= 0.6 is 0 Å². The first-order valence-corrected chi connectivity index (χ1v) is 9.83. The fraction of sp³-hybridized carbons (Fsp3) is 0.0909. The second-order valence-electron chi connectivity index (χ2n) is 7.01. The van der Waals surface area contributed by atoms with Crippen LogP contribution in [0.15, 0.2) is 77.4 Å². The molecule has 0 unspecified atom stereocenters. The molecule has 4 aromatic rings. The van der Waals surface area contributed by atoms with Gasteiger partial charge in [0.15, 0.2) is 5.76 Å². The molecule has 2 aromatic carbocycles. The number of anilines is 1. The lowest BCUT2D eigenvalue weighted by atomic mass is 10.2. The van der Waals surface area contributed by atoms with E-state index in [4.69, 9.17) is 4.42 Å². The highest BCUT2D eigenvalue weighted by molar-refractivity contribution is 5.90. The van der Waals surface area contributed by atoms with Crippen molar-refractivity contribution >= 4 is 23.0 Å². The number of aryl methyl sites for hydroxylation is 1. The van der Waals surface area contributed by atoms with Crippen molar-refractivity contribution in [3.63, 3.8) is 0 Å². The van der Waals surface area contributed by atoms with Crippen LogP contribution in [0.2, 0.25) is 0 Å². The molecule has 0 radical (unpaired) electrons. The van der Waals surface area contributed by atoms with Crippen LogP contribution in [-0.2, 0) is 11.2 Å². The molecule has 0 atom stereocenters. The lowest BCUT2D eigenvalue weighted by molar-refractivity contribution is -0.394. The number of furan rings is 1. The molecular formula is C22H17N5O6. The number of amides is 1. The zero-order chi connectivity index (χ0) is 23.4. The molecule has 0 aliphatic rings. The van der Waals surface area contributed by atoms with Crippen LogP contribution in [0.25, 0.3) is 17.1 Å². The number of rotatable bonds is 8. The van der Waals surface area contributed by atoms with Gasteiger partial charge in [-0.15, -0.1) is 0 Å². The van der Waals surface area contributed by atoms with Gasteiger partial charge in [-0.2, -0.15) is 5.10 Å². The Morgan fingerprint density at radius 1 is 1.00 bits per heavy atom. The van der Waals surface area contributed by atoms with Crippen LogP contribution in [0.5, 0.6) is 0 Å². The van der Waals surface area contributed by atoms with E-state index in [0.717, 1.165) is 6.07 Å². The molecule has 2 aromatic heterocycles. The maximum absolute atomic E-state index is 12.3. The zero-order valence-corrected chi connectivity index (χ0v) is 17.1. The summed E-state index contributed by atoms with van der Waals surface area (Å²) in [5, 5.41) is 29.9. The highest BCUT2D eigenvalue weighted by Crippen LogP contribution is 2.32. The third kappa shape index (κ3) is 4.77. The summed E-state index contributed by atoms with van der Waals surface area (Å²) in [6, 6.07) is 17.3. The molecule has 0 saturated heterocycles. The summed E-state index contributed by atoms with van der Waals surface area (Å²) < 4.78 is 6.74. The first kappa shape index (κ1) is 21.4. The van der Waals surface area contributed by atoms with Crippen molar-refractivity contribution in [1.29, 1.82) is 0 Å². The van der Waals surface area contributed by atoms with Gasteiger partial charge in [0.05, 0.1) is 27.9 Å². The van der Waals surface area contributed by atoms with Gasteiger partial charge in [-0.3, -0.25) is 25.0 Å². The third-order valence-corrected chi connectivity index (χ3v) is 4.79. The number of nitrogens with one attached hydrogen (secondary N) is 1. The van der Waals surface area contributed by atoms with Gasteiger partial charge in [0.1, 0.15) is 11.4 Å². The Labute approximate surface area is 186 Å². The highest BCUT2D eigenvalue weighted by atomic mass is 16.6. The smallest absolute Gasteiger partial charge is 0.301 e. The average molecular weight is 447 g/mol. The topological polar surface area (TPSA) is 146 Å². The Kier molecular flexibility index (Phi) is 5.94. The van der Waals surface area contributed by atoms with Crippen LogP contribution in [0.4, 0.5) is 17.1 Å². The molecule has 0 aliphatic heterocycles. The van der Waals surface area contributed by atoms with Gasteiger partial charge in [0.25, 0.3) is 5.69 Å². The fourth-order valence-corrected chi connectivity index (χ4v) is 3.27. The molecule has 11 nitrogen and oxygen atoms in total. The van der Waals surface area contributed by atoms with E-state index in [1.807, 2.05) is 18.2 Å². The Balaban J connectivity index is 1.66. The number of nitro groups is 2. The molecule has 0 saturated carbocycles. The number of non-ortho nitro benzene ring substituents is 1. The number of benzene rings is 2. The van der Waals surface area contributed by atoms with Crippen molar-refractivity contribution in [3.05, 3.63) is 98.9 Å². The van der Waals surface area contributed by atoms with Gasteiger partial charge in [0, 0.05) is 24.6 Å². The molecule has 0 bridgehead atoms. The Morgan fingerprint density at radius 2 is 1.79 bits per heavy atom. The first-order chi connectivity index (χ1) is 15.9. The summed E-state index contributed by atoms with van der Waals surface area (Å²) in [5.41, 5.74) is 0.735. The van der Waals surface area contributed by atoms with E-state index in [-0.39, 0.29) is 24.4 Å². The summed E-state index contributed by atoms with van der Waals surface area (Å²) in [5.74, 6) is 0.187. The Hall–Kier alpha value is -4.80. The first-order valence-electron chi connectivity index (χ1n) is 9.83. The van der Waals surface area contributed by atoms with E-state index in [9.17, 15) is 25.0 Å². The van der Waals surface area contributed by atoms with Gasteiger partial charge in [-0.05, 0) is 36.4 Å². The zero-order valence-electron chi connectivity index (χ0n) is 17.1. The molecule has 4 rings (SSSR count). The van der Waals surface area contributed by atoms with Crippen molar-refractivity contribution in [2.24, 2.45) is 0 Å². The monoisotopic (exact) mass is 447 g/mol. The Bertz CT molecular complexity index is 1310. The number of aromatic nitrogens is 2. The molecule has 0 fully saturated rings. The molecule has 2 heterocycles. The summed E-state index contributed by atoms with van der Waals surface area (Å²) in [6.45, 7) is 0. The number of nitro benzene ring substituents is 2. The standard InChI is InChI=1S/C22H17N5O6/c28-22(23-15-5-2-1-3-6-15)11-8-16-13-20(21-7-4-12-33-21)25(24-16)18-10-9-17(26(29)30)14-19(18)27(31)32/h1-7,9-10,12-14H,8,11H2,(H,23,28). The predicted octanol–water partition coefficient (Wildman–Crippen LogP) is 4.52. The summed E-state index contributed by atoms with van der Waals surface area (Å²) in [6.07, 6.45) is 1.84. The SMILES string of the molecule is O=C(CCc1cc(-c2ccco2)n(-c2ccc([N+](=O)[O-])cc2[N+](=O)[O-])n1)Nc1ccccc1. The quantitative estimate of drug-likeness (QED) is 0.308. The summed E-state index contributed by atoms with van der Waals surface area (Å²) in [4.78, 5) is 33.6. The van der Waals surface area contributed by atoms with Gasteiger partial charge in [-0.1, -0.05) is 18.2 Å². The molecule has 166 valence electrons. The van der Waals surface area contributed by atoms with E-state index in [1.54, 1.807) is 30.3 Å². The fourth-order valence-electron chi connectivity index (χ4n) is 3.27. The van der Waals surface area contributed by atoms with E-state index in [2.05, 4.69) is 10.4 Å². The van der Waals surface area contributed by atoms with Gasteiger partial charge in [0.2, 0.25) is 5.91 Å². The molecule has 33 heavy (non-hydrogen) atoms. The number of para-hydroxylation sites is 1. The van der Waals surface area contributed by atoms with Crippen LogP contribution < -0.4 is 5.32 Å². The Morgan fingerprint density at radius 3 is 2.45 bits per heavy atom. The number of carbonyl (C=O) groups excluding carboxylic acids is 1. The van der Waals surface area contributed by atoms with Crippen molar-refractivity contribution in [3.8, 4) is 17.1 Å². The largest absolute Gasteiger partial charge is 0.463 e. The number of hydrogen-bond acceptors (Lipinski definition) is 7. The van der Waals surface area contributed by atoms with E-state index in [1.165, 1.54) is 23.1 Å². The lowest BCUT2D eigenvalue weighted by Gasteiger charge is -2.06. The minimum absolute atomic E-state index is 0.0389. The average Bonchev–Trinajstić information content (AvgIpc) is 3.48. The van der Waals surface area contributed by atoms with Crippen molar-refractivity contribution in [1.82, 2.24) is 9.78 Å². The van der Waals surface area contributed by atoms with Crippen LogP contribution in [0, 0.1) is 20.2 Å². The van der Waals surface area contributed by atoms with Gasteiger partial charge < -0.3 is 9.73 Å². The van der Waals surface area contributed by atoms with Crippen LogP contribution in [0.1, 0.15) is 12.1 Å². The van der Waals surface area contributed by atoms with E-state index >= 15 is 0 Å². The maximum Gasteiger partial charge on any atom is 0.301 e. The predicted molar refractivity (Wildman–Crippen MR) is 118 cm³/mol. The van der Waals surface area contributed by atoms with Crippen LogP contribution in [0.3, 0.4) is 0 Å². The molecule has 0 spiro atoms.